The molecular weight excluding hydrogens is 440 g/mol. The summed E-state index contributed by atoms with van der Waals surface area (Å²) in [5.41, 5.74) is 2.77. The van der Waals surface area contributed by atoms with E-state index in [0.29, 0.717) is 44.2 Å². The van der Waals surface area contributed by atoms with Crippen LogP contribution in [0.15, 0.2) is 36.4 Å². The van der Waals surface area contributed by atoms with Crippen LogP contribution in [0.2, 0.25) is 5.02 Å². The third kappa shape index (κ3) is 6.87. The maximum atomic E-state index is 11.6. The number of halogens is 1. The molecule has 0 unspecified atom stereocenters. The monoisotopic (exact) mass is 472 g/mol. The van der Waals surface area contributed by atoms with Crippen LogP contribution in [0, 0.1) is 6.92 Å². The second-order valence-electron chi connectivity index (χ2n) is 7.93. The van der Waals surface area contributed by atoms with Crippen LogP contribution < -0.4 is 9.47 Å². The number of unbranched alkanes of at least 4 members (excludes halogenated alkanes) is 2. The van der Waals surface area contributed by atoms with Gasteiger partial charge in [0.05, 0.1) is 31.9 Å². The molecule has 33 heavy (non-hydrogen) atoms. The topological polar surface area (TPSA) is 62.6 Å². The normalized spacial score (nSPS) is 11.0. The number of imidazole rings is 1. The van der Waals surface area contributed by atoms with Crippen LogP contribution in [0.25, 0.3) is 11.0 Å². The fourth-order valence-corrected chi connectivity index (χ4v) is 3.90. The first kappa shape index (κ1) is 24.9. The van der Waals surface area contributed by atoms with Crippen molar-refractivity contribution in [2.75, 3.05) is 19.8 Å². The smallest absolute Gasteiger partial charge is 0.305 e. The van der Waals surface area contributed by atoms with Crippen molar-refractivity contribution in [2.24, 2.45) is 0 Å². The summed E-state index contributed by atoms with van der Waals surface area (Å²) in [4.78, 5) is 16.3. The Morgan fingerprint density at radius 1 is 1.06 bits per heavy atom. The molecule has 0 aliphatic heterocycles. The van der Waals surface area contributed by atoms with Crippen molar-refractivity contribution in [3.05, 3.63) is 52.8 Å². The van der Waals surface area contributed by atoms with E-state index >= 15 is 0 Å². The molecule has 0 spiro atoms. The number of hydrogen-bond acceptors (Lipinski definition) is 5. The van der Waals surface area contributed by atoms with Gasteiger partial charge < -0.3 is 18.8 Å². The first-order chi connectivity index (χ1) is 16.0. The third-order valence-corrected chi connectivity index (χ3v) is 5.73. The van der Waals surface area contributed by atoms with E-state index in [-0.39, 0.29) is 5.97 Å². The number of para-hydroxylation sites is 1. The van der Waals surface area contributed by atoms with Gasteiger partial charge in [-0.1, -0.05) is 43.5 Å². The van der Waals surface area contributed by atoms with Gasteiger partial charge in [0, 0.05) is 11.4 Å². The van der Waals surface area contributed by atoms with Crippen molar-refractivity contribution >= 4 is 28.6 Å². The van der Waals surface area contributed by atoms with E-state index in [1.165, 1.54) is 6.42 Å². The Kier molecular flexibility index (Phi) is 9.43. The highest BCUT2D eigenvalue weighted by atomic mass is 35.5. The van der Waals surface area contributed by atoms with Gasteiger partial charge in [0.25, 0.3) is 0 Å². The number of benzene rings is 2. The largest absolute Gasteiger partial charge is 0.494 e. The van der Waals surface area contributed by atoms with E-state index in [9.17, 15) is 4.79 Å². The van der Waals surface area contributed by atoms with Gasteiger partial charge >= 0.3 is 5.97 Å². The van der Waals surface area contributed by atoms with E-state index in [4.69, 9.17) is 30.8 Å². The van der Waals surface area contributed by atoms with Crippen molar-refractivity contribution in [1.29, 1.82) is 0 Å². The Labute approximate surface area is 200 Å². The molecule has 0 amide bonds. The molecule has 0 aliphatic rings. The minimum Gasteiger partial charge on any atom is -0.494 e. The molecule has 0 atom stereocenters. The number of carbonyl (C=O) groups excluding carboxylic acids is 1. The molecule has 3 rings (SSSR count). The Balaban J connectivity index is 1.72. The van der Waals surface area contributed by atoms with Crippen molar-refractivity contribution in [1.82, 2.24) is 9.55 Å². The minimum absolute atomic E-state index is 0.201. The zero-order chi connectivity index (χ0) is 23.6. The lowest BCUT2D eigenvalue weighted by Gasteiger charge is -2.13. The molecule has 1 heterocycles. The fraction of sp³-hybridized carbons (Fsp3) is 0.462. The van der Waals surface area contributed by atoms with E-state index in [1.54, 1.807) is 6.92 Å². The number of hydrogen-bond donors (Lipinski definition) is 0. The lowest BCUT2D eigenvalue weighted by atomic mass is 10.2. The minimum atomic E-state index is -0.201. The average molecular weight is 473 g/mol. The molecule has 2 aromatic carbocycles. The van der Waals surface area contributed by atoms with Crippen LogP contribution in [-0.4, -0.2) is 35.3 Å². The molecule has 0 fully saturated rings. The van der Waals surface area contributed by atoms with Gasteiger partial charge in [-0.25, -0.2) is 4.98 Å². The van der Waals surface area contributed by atoms with Crippen LogP contribution in [0.4, 0.5) is 0 Å². The van der Waals surface area contributed by atoms with Crippen molar-refractivity contribution < 1.29 is 19.0 Å². The van der Waals surface area contributed by atoms with Gasteiger partial charge in [-0.05, 0) is 56.5 Å². The Bertz CT molecular complexity index is 1060. The molecule has 7 heteroatoms. The molecular formula is C26H33ClN2O4. The summed E-state index contributed by atoms with van der Waals surface area (Å²) in [6, 6.07) is 11.7. The molecule has 1 aromatic heterocycles. The number of esters is 1. The van der Waals surface area contributed by atoms with Crippen molar-refractivity contribution in [3.8, 4) is 11.5 Å². The van der Waals surface area contributed by atoms with Crippen molar-refractivity contribution in [2.45, 2.75) is 59.4 Å². The van der Waals surface area contributed by atoms with Gasteiger partial charge in [-0.2, -0.15) is 0 Å². The maximum absolute atomic E-state index is 11.6. The summed E-state index contributed by atoms with van der Waals surface area (Å²) in [5.74, 6) is 2.21. The molecule has 0 saturated heterocycles. The van der Waals surface area contributed by atoms with Gasteiger partial charge in [0.1, 0.15) is 22.8 Å². The molecule has 0 radical (unpaired) electrons. The van der Waals surface area contributed by atoms with E-state index in [2.05, 4.69) is 11.5 Å². The van der Waals surface area contributed by atoms with Crippen molar-refractivity contribution in [3.63, 3.8) is 0 Å². The predicted molar refractivity (Wildman–Crippen MR) is 131 cm³/mol. The summed E-state index contributed by atoms with van der Waals surface area (Å²) in [7, 11) is 0. The first-order valence-electron chi connectivity index (χ1n) is 11.7. The zero-order valence-corrected chi connectivity index (χ0v) is 20.5. The van der Waals surface area contributed by atoms with Crippen LogP contribution in [0.1, 0.15) is 57.3 Å². The average Bonchev–Trinajstić information content (AvgIpc) is 3.12. The number of ether oxygens (including phenoxy) is 3. The lowest BCUT2D eigenvalue weighted by Crippen LogP contribution is -2.08. The third-order valence-electron chi connectivity index (χ3n) is 5.38. The second kappa shape index (κ2) is 12.5. The molecule has 0 saturated carbocycles. The first-order valence-corrected chi connectivity index (χ1v) is 12.1. The molecule has 6 nitrogen and oxygen atoms in total. The van der Waals surface area contributed by atoms with Gasteiger partial charge in [-0.15, -0.1) is 0 Å². The highest BCUT2D eigenvalue weighted by Crippen LogP contribution is 2.30. The second-order valence-corrected chi connectivity index (χ2v) is 8.34. The number of aryl methyl sites for hydroxylation is 1. The summed E-state index contributed by atoms with van der Waals surface area (Å²) in [5, 5.41) is 0.664. The standard InChI is InChI=1S/C26H33ClN2O4/c1-4-6-7-15-32-21-14-13-20(22(27)17-21)18-29-19(3)28-23-10-8-11-24(26(23)29)33-16-9-12-25(30)31-5-2/h8,10-11,13-14,17H,4-7,9,12,15-16,18H2,1-3H3. The lowest BCUT2D eigenvalue weighted by molar-refractivity contribution is -0.143. The summed E-state index contributed by atoms with van der Waals surface area (Å²) in [6.07, 6.45) is 4.29. The highest BCUT2D eigenvalue weighted by molar-refractivity contribution is 6.31. The Morgan fingerprint density at radius 3 is 2.64 bits per heavy atom. The molecule has 0 N–H and O–H groups in total. The van der Waals surface area contributed by atoms with Gasteiger partial charge in [0.15, 0.2) is 0 Å². The number of nitrogens with zero attached hydrogens (tertiary/aromatic N) is 2. The quantitative estimate of drug-likeness (QED) is 0.214. The van der Waals surface area contributed by atoms with Crippen LogP contribution in [0.3, 0.4) is 0 Å². The number of fused-ring (bicyclic) bond motifs is 1. The summed E-state index contributed by atoms with van der Waals surface area (Å²) >= 11 is 6.60. The van der Waals surface area contributed by atoms with Crippen LogP contribution >= 0.6 is 11.6 Å². The van der Waals surface area contributed by atoms with E-state index < -0.39 is 0 Å². The Morgan fingerprint density at radius 2 is 1.88 bits per heavy atom. The number of rotatable bonds is 13. The summed E-state index contributed by atoms with van der Waals surface area (Å²) < 4.78 is 18.9. The number of aromatic nitrogens is 2. The fourth-order valence-electron chi connectivity index (χ4n) is 3.67. The van der Waals surface area contributed by atoms with E-state index in [0.717, 1.165) is 46.8 Å². The van der Waals surface area contributed by atoms with Crippen LogP contribution in [-0.2, 0) is 16.1 Å². The number of carbonyl (C=O) groups is 1. The van der Waals surface area contributed by atoms with Crippen LogP contribution in [0.5, 0.6) is 11.5 Å². The highest BCUT2D eigenvalue weighted by Gasteiger charge is 2.15. The summed E-state index contributed by atoms with van der Waals surface area (Å²) in [6.45, 7) is 8.04. The van der Waals surface area contributed by atoms with E-state index in [1.807, 2.05) is 43.3 Å². The van der Waals surface area contributed by atoms with Gasteiger partial charge in [-0.3, -0.25) is 4.79 Å². The molecule has 3 aromatic rings. The molecule has 0 aliphatic carbocycles. The van der Waals surface area contributed by atoms with Gasteiger partial charge in [0.2, 0.25) is 0 Å². The molecule has 0 bridgehead atoms. The maximum Gasteiger partial charge on any atom is 0.305 e. The predicted octanol–water partition coefficient (Wildman–Crippen LogP) is 6.34. The zero-order valence-electron chi connectivity index (χ0n) is 19.7. The SMILES string of the molecule is CCCCCOc1ccc(Cn2c(C)nc3cccc(OCCCC(=O)OCC)c32)c(Cl)c1. The molecule has 178 valence electrons. The Hall–Kier alpha value is -2.73.